The molecule has 1 N–H and O–H groups in total. The minimum atomic E-state index is -0.0800. The molecule has 0 spiro atoms. The van der Waals surface area contributed by atoms with Crippen molar-refractivity contribution in [3.63, 3.8) is 0 Å². The molecule has 7 heteroatoms. The summed E-state index contributed by atoms with van der Waals surface area (Å²) in [7, 11) is 1.47. The number of piperidine rings is 1. The molecule has 1 aromatic carbocycles. The first-order chi connectivity index (χ1) is 13.2. The molecule has 2 saturated heterocycles. The van der Waals surface area contributed by atoms with Gasteiger partial charge in [-0.15, -0.1) is 24.0 Å². The van der Waals surface area contributed by atoms with Crippen LogP contribution in [0.25, 0.3) is 0 Å². The van der Waals surface area contributed by atoms with Crippen LogP contribution in [0.5, 0.6) is 0 Å². The van der Waals surface area contributed by atoms with Crippen molar-refractivity contribution in [2.45, 2.75) is 26.2 Å². The number of guanidine groups is 1. The Balaban J connectivity index is 0.00000280. The summed E-state index contributed by atoms with van der Waals surface area (Å²) in [4.78, 5) is 21.4. The number of nitrogens with one attached hydrogen (secondary N) is 1. The molecule has 0 bridgehead atoms. The van der Waals surface area contributed by atoms with Crippen LogP contribution in [-0.2, 0) is 9.53 Å². The highest BCUT2D eigenvalue weighted by atomic mass is 127. The summed E-state index contributed by atoms with van der Waals surface area (Å²) in [5, 5.41) is 3.42. The number of carbonyl (C=O) groups is 1. The molecular formula is C21H33IN4O2. The van der Waals surface area contributed by atoms with E-state index in [-0.39, 0.29) is 35.9 Å². The Morgan fingerprint density at radius 3 is 2.54 bits per heavy atom. The Hall–Kier alpha value is -1.51. The molecule has 2 aliphatic heterocycles. The van der Waals surface area contributed by atoms with Crippen LogP contribution in [0.15, 0.2) is 35.3 Å². The number of halogens is 1. The molecule has 2 aliphatic rings. The van der Waals surface area contributed by atoms with Gasteiger partial charge in [-0.05, 0) is 44.2 Å². The van der Waals surface area contributed by atoms with E-state index in [4.69, 9.17) is 9.73 Å². The number of hydrogen-bond donors (Lipinski definition) is 1. The summed E-state index contributed by atoms with van der Waals surface area (Å²) in [5.74, 6) is 1.53. The highest BCUT2D eigenvalue weighted by Gasteiger charge is 2.27. The first-order valence-electron chi connectivity index (χ1n) is 10.1. The van der Waals surface area contributed by atoms with E-state index in [0.29, 0.717) is 5.92 Å². The molecule has 6 nitrogen and oxygen atoms in total. The van der Waals surface area contributed by atoms with Crippen molar-refractivity contribution >= 4 is 41.6 Å². The summed E-state index contributed by atoms with van der Waals surface area (Å²) >= 11 is 0. The number of benzene rings is 1. The Morgan fingerprint density at radius 1 is 1.18 bits per heavy atom. The molecule has 0 saturated carbocycles. The van der Waals surface area contributed by atoms with Crippen molar-refractivity contribution in [3.8, 4) is 0 Å². The molecular weight excluding hydrogens is 467 g/mol. The largest absolute Gasteiger partial charge is 0.469 e. The number of methoxy groups -OCH3 is 1. The van der Waals surface area contributed by atoms with E-state index in [1.165, 1.54) is 19.2 Å². The predicted molar refractivity (Wildman–Crippen MR) is 124 cm³/mol. The van der Waals surface area contributed by atoms with Crippen molar-refractivity contribution in [2.24, 2.45) is 16.8 Å². The standard InChI is InChI=1S/C21H32N4O2.HI/c1-3-22-21(24-13-10-18(11-14-24)20(26)27-2)23-15-17-9-12-25(16-17)19-7-5-4-6-8-19;/h4-8,17-18H,3,9-16H2,1-2H3,(H,22,23);1H. The monoisotopic (exact) mass is 500 g/mol. The van der Waals surface area contributed by atoms with E-state index in [1.807, 2.05) is 0 Å². The summed E-state index contributed by atoms with van der Waals surface area (Å²) < 4.78 is 4.89. The van der Waals surface area contributed by atoms with E-state index in [2.05, 4.69) is 52.4 Å². The lowest BCUT2D eigenvalue weighted by molar-refractivity contribution is -0.146. The van der Waals surface area contributed by atoms with E-state index in [0.717, 1.165) is 58.1 Å². The van der Waals surface area contributed by atoms with Crippen molar-refractivity contribution in [3.05, 3.63) is 30.3 Å². The Labute approximate surface area is 185 Å². The minimum absolute atomic E-state index is 0. The number of likely N-dealkylation sites (tertiary alicyclic amines) is 1. The lowest BCUT2D eigenvalue weighted by atomic mass is 9.97. The minimum Gasteiger partial charge on any atom is -0.469 e. The fraction of sp³-hybridized carbons (Fsp3) is 0.619. The van der Waals surface area contributed by atoms with Crippen LogP contribution in [-0.4, -0.2) is 63.2 Å². The van der Waals surface area contributed by atoms with Crippen LogP contribution in [0.2, 0.25) is 0 Å². The van der Waals surface area contributed by atoms with Crippen LogP contribution in [0.4, 0.5) is 5.69 Å². The number of carbonyl (C=O) groups excluding carboxylic acids is 1. The zero-order valence-corrected chi connectivity index (χ0v) is 19.3. The van der Waals surface area contributed by atoms with Gasteiger partial charge in [-0.3, -0.25) is 9.79 Å². The molecule has 0 aliphatic carbocycles. The average Bonchev–Trinajstić information content (AvgIpc) is 3.20. The van der Waals surface area contributed by atoms with Gasteiger partial charge in [0.15, 0.2) is 5.96 Å². The van der Waals surface area contributed by atoms with E-state index in [9.17, 15) is 4.79 Å². The number of hydrogen-bond acceptors (Lipinski definition) is 4. The molecule has 156 valence electrons. The third kappa shape index (κ3) is 5.99. The predicted octanol–water partition coefficient (Wildman–Crippen LogP) is 2.98. The molecule has 0 radical (unpaired) electrons. The molecule has 2 fully saturated rings. The van der Waals surface area contributed by atoms with E-state index < -0.39 is 0 Å². The fourth-order valence-corrected chi connectivity index (χ4v) is 3.99. The lowest BCUT2D eigenvalue weighted by Gasteiger charge is -2.33. The van der Waals surface area contributed by atoms with Gasteiger partial charge in [0.1, 0.15) is 0 Å². The number of aliphatic imine (C=N–C) groups is 1. The third-order valence-electron chi connectivity index (χ3n) is 5.57. The second-order valence-electron chi connectivity index (χ2n) is 7.42. The van der Waals surface area contributed by atoms with Crippen molar-refractivity contribution in [1.29, 1.82) is 0 Å². The van der Waals surface area contributed by atoms with Gasteiger partial charge < -0.3 is 19.9 Å². The number of para-hydroxylation sites is 1. The maximum Gasteiger partial charge on any atom is 0.308 e. The molecule has 28 heavy (non-hydrogen) atoms. The molecule has 1 atom stereocenters. The SMILES string of the molecule is CCNC(=NCC1CCN(c2ccccc2)C1)N1CCC(C(=O)OC)CC1.I. The zero-order chi connectivity index (χ0) is 19.1. The average molecular weight is 500 g/mol. The maximum atomic E-state index is 11.7. The number of nitrogens with zero attached hydrogens (tertiary/aromatic N) is 3. The molecule has 2 heterocycles. The summed E-state index contributed by atoms with van der Waals surface area (Å²) in [5.41, 5.74) is 1.31. The quantitative estimate of drug-likeness (QED) is 0.292. The molecule has 1 unspecified atom stereocenters. The molecule has 1 aromatic rings. The topological polar surface area (TPSA) is 57.2 Å². The molecule has 0 aromatic heterocycles. The molecule has 3 rings (SSSR count). The van der Waals surface area contributed by atoms with E-state index >= 15 is 0 Å². The van der Waals surface area contributed by atoms with Crippen molar-refractivity contribution < 1.29 is 9.53 Å². The summed E-state index contributed by atoms with van der Waals surface area (Å²) in [6.07, 6.45) is 2.85. The summed E-state index contributed by atoms with van der Waals surface area (Å²) in [6.45, 7) is 7.68. The first kappa shape index (κ1) is 22.8. The second kappa shape index (κ2) is 11.5. The van der Waals surface area contributed by atoms with Gasteiger partial charge in [0.05, 0.1) is 13.0 Å². The highest BCUT2D eigenvalue weighted by molar-refractivity contribution is 14.0. The van der Waals surface area contributed by atoms with Crippen LogP contribution in [0.3, 0.4) is 0 Å². The van der Waals surface area contributed by atoms with Crippen LogP contribution >= 0.6 is 24.0 Å². The maximum absolute atomic E-state index is 11.7. The normalized spacial score (nSPS) is 20.6. The van der Waals surface area contributed by atoms with Gasteiger partial charge in [0, 0.05) is 45.0 Å². The van der Waals surface area contributed by atoms with Crippen molar-refractivity contribution in [1.82, 2.24) is 10.2 Å². The third-order valence-corrected chi connectivity index (χ3v) is 5.57. The Morgan fingerprint density at radius 2 is 1.89 bits per heavy atom. The lowest BCUT2D eigenvalue weighted by Crippen LogP contribution is -2.46. The van der Waals surface area contributed by atoms with Gasteiger partial charge in [-0.2, -0.15) is 0 Å². The number of anilines is 1. The summed E-state index contributed by atoms with van der Waals surface area (Å²) in [6, 6.07) is 10.6. The van der Waals surface area contributed by atoms with Crippen LogP contribution < -0.4 is 10.2 Å². The second-order valence-corrected chi connectivity index (χ2v) is 7.42. The van der Waals surface area contributed by atoms with Gasteiger partial charge in [0.25, 0.3) is 0 Å². The zero-order valence-electron chi connectivity index (χ0n) is 17.0. The van der Waals surface area contributed by atoms with E-state index in [1.54, 1.807) is 0 Å². The van der Waals surface area contributed by atoms with Gasteiger partial charge in [-0.1, -0.05) is 18.2 Å². The number of rotatable bonds is 5. The van der Waals surface area contributed by atoms with Crippen LogP contribution in [0, 0.1) is 11.8 Å². The smallest absolute Gasteiger partial charge is 0.308 e. The van der Waals surface area contributed by atoms with Gasteiger partial charge >= 0.3 is 5.97 Å². The Bertz CT molecular complexity index is 633. The Kier molecular flexibility index (Phi) is 9.34. The van der Waals surface area contributed by atoms with Crippen LogP contribution in [0.1, 0.15) is 26.2 Å². The fourth-order valence-electron chi connectivity index (χ4n) is 3.99. The number of ether oxygens (including phenoxy) is 1. The molecule has 0 amide bonds. The van der Waals surface area contributed by atoms with Crippen molar-refractivity contribution in [2.75, 3.05) is 51.3 Å². The van der Waals surface area contributed by atoms with Gasteiger partial charge in [-0.25, -0.2) is 0 Å². The van der Waals surface area contributed by atoms with Gasteiger partial charge in [0.2, 0.25) is 0 Å². The highest BCUT2D eigenvalue weighted by Crippen LogP contribution is 2.24. The first-order valence-corrected chi connectivity index (χ1v) is 10.1. The number of esters is 1.